The van der Waals surface area contributed by atoms with E-state index in [2.05, 4.69) is 25.9 Å². The fourth-order valence-electron chi connectivity index (χ4n) is 1.21. The fourth-order valence-corrected chi connectivity index (χ4v) is 1.21. The summed E-state index contributed by atoms with van der Waals surface area (Å²) < 4.78 is 10.2. The lowest BCUT2D eigenvalue weighted by molar-refractivity contribution is 0.301. The van der Waals surface area contributed by atoms with Gasteiger partial charge in [-0.3, -0.25) is 0 Å². The van der Waals surface area contributed by atoms with Crippen LogP contribution in [-0.4, -0.2) is 12.3 Å². The summed E-state index contributed by atoms with van der Waals surface area (Å²) in [5, 5.41) is 3.80. The molecule has 1 rings (SSSR count). The van der Waals surface area contributed by atoms with Gasteiger partial charge in [0.05, 0.1) is 12.7 Å². The molecule has 68 valence electrons. The molecular formula is C9H15NO2. The van der Waals surface area contributed by atoms with Gasteiger partial charge in [0.25, 0.3) is 5.88 Å². The van der Waals surface area contributed by atoms with Gasteiger partial charge in [-0.1, -0.05) is 20.8 Å². The maximum absolute atomic E-state index is 5.18. The van der Waals surface area contributed by atoms with Gasteiger partial charge in [-0.15, -0.1) is 0 Å². The van der Waals surface area contributed by atoms with E-state index >= 15 is 0 Å². The van der Waals surface area contributed by atoms with E-state index in [1.807, 2.05) is 6.92 Å². The summed E-state index contributed by atoms with van der Waals surface area (Å²) in [7, 11) is 1.59. The van der Waals surface area contributed by atoms with Crippen molar-refractivity contribution in [3.63, 3.8) is 0 Å². The van der Waals surface area contributed by atoms with Crippen LogP contribution in [0.4, 0.5) is 0 Å². The molecule has 0 fully saturated rings. The van der Waals surface area contributed by atoms with Crippen molar-refractivity contribution < 1.29 is 9.26 Å². The van der Waals surface area contributed by atoms with Crippen LogP contribution in [0, 0.1) is 6.92 Å². The molecule has 0 aliphatic carbocycles. The highest BCUT2D eigenvalue weighted by Crippen LogP contribution is 2.30. The molecule has 0 N–H and O–H groups in total. The van der Waals surface area contributed by atoms with Crippen LogP contribution in [-0.2, 0) is 5.41 Å². The third-order valence-corrected chi connectivity index (χ3v) is 1.76. The van der Waals surface area contributed by atoms with Crippen molar-refractivity contribution in [2.24, 2.45) is 0 Å². The molecule has 0 atom stereocenters. The lowest BCUT2D eigenvalue weighted by Crippen LogP contribution is -2.11. The van der Waals surface area contributed by atoms with Gasteiger partial charge >= 0.3 is 0 Å². The number of hydrogen-bond acceptors (Lipinski definition) is 3. The van der Waals surface area contributed by atoms with E-state index in [-0.39, 0.29) is 5.41 Å². The average Bonchev–Trinajstić information content (AvgIpc) is 2.29. The van der Waals surface area contributed by atoms with Gasteiger partial charge in [-0.05, 0) is 12.1 Å². The van der Waals surface area contributed by atoms with Crippen LogP contribution in [0.5, 0.6) is 5.88 Å². The summed E-state index contributed by atoms with van der Waals surface area (Å²) in [6.07, 6.45) is 0. The van der Waals surface area contributed by atoms with E-state index in [4.69, 9.17) is 9.26 Å². The highest BCUT2D eigenvalue weighted by molar-refractivity contribution is 5.30. The van der Waals surface area contributed by atoms with Gasteiger partial charge in [-0.25, -0.2) is 0 Å². The Morgan fingerprint density at radius 2 is 1.92 bits per heavy atom. The largest absolute Gasteiger partial charge is 0.479 e. The highest BCUT2D eigenvalue weighted by atomic mass is 16.5. The molecular weight excluding hydrogens is 154 g/mol. The highest BCUT2D eigenvalue weighted by Gasteiger charge is 2.24. The van der Waals surface area contributed by atoms with E-state index in [0.717, 1.165) is 11.3 Å². The van der Waals surface area contributed by atoms with Crippen LogP contribution in [0.2, 0.25) is 0 Å². The van der Waals surface area contributed by atoms with E-state index < -0.39 is 0 Å². The lowest BCUT2D eigenvalue weighted by Gasteiger charge is -2.14. The molecule has 0 radical (unpaired) electrons. The van der Waals surface area contributed by atoms with Crippen molar-refractivity contribution >= 4 is 0 Å². The van der Waals surface area contributed by atoms with Gasteiger partial charge in [0, 0.05) is 5.41 Å². The second kappa shape index (κ2) is 2.81. The number of ether oxygens (including phenoxy) is 1. The lowest BCUT2D eigenvalue weighted by atomic mass is 9.91. The van der Waals surface area contributed by atoms with Gasteiger partial charge in [0.15, 0.2) is 0 Å². The maximum atomic E-state index is 5.18. The molecule has 1 aromatic heterocycles. The van der Waals surface area contributed by atoms with E-state index in [0.29, 0.717) is 5.88 Å². The van der Waals surface area contributed by atoms with Gasteiger partial charge in [0.2, 0.25) is 0 Å². The first-order chi connectivity index (χ1) is 5.46. The first kappa shape index (κ1) is 9.10. The molecule has 1 aromatic rings. The molecule has 3 nitrogen and oxygen atoms in total. The molecule has 0 saturated heterocycles. The van der Waals surface area contributed by atoms with Crippen LogP contribution in [0.25, 0.3) is 0 Å². The number of nitrogens with zero attached hydrogens (tertiary/aromatic N) is 1. The molecule has 1 heterocycles. The van der Waals surface area contributed by atoms with Crippen molar-refractivity contribution in [3.8, 4) is 5.88 Å². The van der Waals surface area contributed by atoms with Gasteiger partial charge < -0.3 is 9.26 Å². The number of aromatic nitrogens is 1. The third-order valence-electron chi connectivity index (χ3n) is 1.76. The first-order valence-electron chi connectivity index (χ1n) is 3.97. The van der Waals surface area contributed by atoms with E-state index in [1.165, 1.54) is 0 Å². The Balaban J connectivity index is 3.11. The zero-order chi connectivity index (χ0) is 9.35. The molecule has 0 amide bonds. The van der Waals surface area contributed by atoms with Crippen molar-refractivity contribution in [2.75, 3.05) is 7.11 Å². The van der Waals surface area contributed by atoms with Crippen LogP contribution in [0.1, 0.15) is 32.1 Å². The van der Waals surface area contributed by atoms with Crippen LogP contribution in [0.15, 0.2) is 4.52 Å². The second-order valence-corrected chi connectivity index (χ2v) is 3.90. The monoisotopic (exact) mass is 169 g/mol. The Kier molecular flexibility index (Phi) is 2.13. The predicted molar refractivity (Wildman–Crippen MR) is 46.5 cm³/mol. The SMILES string of the molecule is COc1noc(C(C)(C)C)c1C. The maximum Gasteiger partial charge on any atom is 0.257 e. The minimum absolute atomic E-state index is 0.00609. The number of rotatable bonds is 1. The fraction of sp³-hybridized carbons (Fsp3) is 0.667. The average molecular weight is 169 g/mol. The first-order valence-corrected chi connectivity index (χ1v) is 3.97. The Morgan fingerprint density at radius 3 is 2.17 bits per heavy atom. The van der Waals surface area contributed by atoms with Crippen molar-refractivity contribution in [1.29, 1.82) is 0 Å². The molecule has 0 aliphatic rings. The van der Waals surface area contributed by atoms with Crippen LogP contribution >= 0.6 is 0 Å². The summed E-state index contributed by atoms with van der Waals surface area (Å²) in [4.78, 5) is 0. The summed E-state index contributed by atoms with van der Waals surface area (Å²) in [5.41, 5.74) is 0.985. The smallest absolute Gasteiger partial charge is 0.257 e. The number of methoxy groups -OCH3 is 1. The molecule has 3 heteroatoms. The molecule has 0 aromatic carbocycles. The van der Waals surface area contributed by atoms with Crippen LogP contribution < -0.4 is 4.74 Å². The summed E-state index contributed by atoms with van der Waals surface area (Å²) in [6.45, 7) is 8.20. The standard InChI is InChI=1S/C9H15NO2/c1-6-7(9(2,3)4)12-10-8(6)11-5/h1-5H3. The second-order valence-electron chi connectivity index (χ2n) is 3.90. The summed E-state index contributed by atoms with van der Waals surface area (Å²) in [5.74, 6) is 1.47. The Labute approximate surface area is 72.7 Å². The van der Waals surface area contributed by atoms with E-state index in [9.17, 15) is 0 Å². The van der Waals surface area contributed by atoms with Gasteiger partial charge in [-0.2, -0.15) is 0 Å². The minimum atomic E-state index is -0.00609. The quantitative estimate of drug-likeness (QED) is 0.647. The molecule has 0 spiro atoms. The Hall–Kier alpha value is -0.990. The summed E-state index contributed by atoms with van der Waals surface area (Å²) >= 11 is 0. The summed E-state index contributed by atoms with van der Waals surface area (Å²) in [6, 6.07) is 0. The molecule has 0 aliphatic heterocycles. The molecule has 0 saturated carbocycles. The third kappa shape index (κ3) is 1.44. The normalized spacial score (nSPS) is 11.8. The van der Waals surface area contributed by atoms with Crippen LogP contribution in [0.3, 0.4) is 0 Å². The van der Waals surface area contributed by atoms with Gasteiger partial charge in [0.1, 0.15) is 5.76 Å². The van der Waals surface area contributed by atoms with Crippen molar-refractivity contribution in [1.82, 2.24) is 5.16 Å². The van der Waals surface area contributed by atoms with Crippen molar-refractivity contribution in [2.45, 2.75) is 33.1 Å². The minimum Gasteiger partial charge on any atom is -0.479 e. The van der Waals surface area contributed by atoms with Crippen molar-refractivity contribution in [3.05, 3.63) is 11.3 Å². The number of hydrogen-bond donors (Lipinski definition) is 0. The molecule has 0 unspecified atom stereocenters. The zero-order valence-electron chi connectivity index (χ0n) is 8.26. The Morgan fingerprint density at radius 1 is 1.33 bits per heavy atom. The molecule has 0 bridgehead atoms. The Bertz CT molecular complexity index is 271. The predicted octanol–water partition coefficient (Wildman–Crippen LogP) is 2.29. The van der Waals surface area contributed by atoms with E-state index in [1.54, 1.807) is 7.11 Å². The topological polar surface area (TPSA) is 35.3 Å². The zero-order valence-corrected chi connectivity index (χ0v) is 8.26. The molecule has 12 heavy (non-hydrogen) atoms.